The summed E-state index contributed by atoms with van der Waals surface area (Å²) in [7, 11) is -6.51. The molecule has 3 aromatic rings. The number of thioether (sulfide) groups is 1. The van der Waals surface area contributed by atoms with E-state index in [1.54, 1.807) is 12.1 Å². The molecule has 2 aromatic heterocycles. The van der Waals surface area contributed by atoms with Gasteiger partial charge in [0.25, 0.3) is 0 Å². The molecule has 1 unspecified atom stereocenters. The Balaban J connectivity index is 1.33. The third-order valence-electron chi connectivity index (χ3n) is 6.83. The fourth-order valence-electron chi connectivity index (χ4n) is 4.77. The zero-order valence-electron chi connectivity index (χ0n) is 23.4. The van der Waals surface area contributed by atoms with Gasteiger partial charge in [0, 0.05) is 54.9 Å². The Morgan fingerprint density at radius 1 is 1.10 bits per heavy atom. The van der Waals surface area contributed by atoms with Crippen LogP contribution in [0.5, 0.6) is 17.2 Å². The lowest BCUT2D eigenvalue weighted by atomic mass is 10.1. The molecular weight excluding hydrogens is 603 g/mol. The van der Waals surface area contributed by atoms with Gasteiger partial charge in [-0.2, -0.15) is 0 Å². The molecule has 0 bridgehead atoms. The summed E-state index contributed by atoms with van der Waals surface area (Å²) in [5.74, 6) is 1.55. The summed E-state index contributed by atoms with van der Waals surface area (Å²) in [4.78, 5) is 24.5. The number of H-pyrrole nitrogens is 1. The van der Waals surface area contributed by atoms with Crippen LogP contribution < -0.4 is 9.47 Å². The van der Waals surface area contributed by atoms with E-state index in [0.29, 0.717) is 49.8 Å². The van der Waals surface area contributed by atoms with Gasteiger partial charge in [0.2, 0.25) is 0 Å². The molecular formula is C28H33N3O8S3. The van der Waals surface area contributed by atoms with E-state index < -0.39 is 19.7 Å². The third-order valence-corrected chi connectivity index (χ3v) is 10.1. The molecule has 0 spiro atoms. The number of sulfone groups is 2. The molecule has 0 aliphatic carbocycles. The molecule has 11 nitrogen and oxygen atoms in total. The molecule has 1 saturated heterocycles. The summed E-state index contributed by atoms with van der Waals surface area (Å²) in [6.45, 7) is 1.75. The highest BCUT2D eigenvalue weighted by molar-refractivity contribution is 8.15. The molecule has 14 heteroatoms. The van der Waals surface area contributed by atoms with Crippen molar-refractivity contribution in [3.8, 4) is 17.2 Å². The van der Waals surface area contributed by atoms with Crippen molar-refractivity contribution in [3.05, 3.63) is 42.2 Å². The number of nitrogens with one attached hydrogen (secondary N) is 1. The second kappa shape index (κ2) is 12.7. The van der Waals surface area contributed by atoms with Gasteiger partial charge in [-0.1, -0.05) is 11.8 Å². The van der Waals surface area contributed by atoms with Gasteiger partial charge < -0.3 is 19.2 Å². The minimum atomic E-state index is -3.43. The summed E-state index contributed by atoms with van der Waals surface area (Å²) in [5.41, 5.74) is 1.59. The number of benzene rings is 1. The van der Waals surface area contributed by atoms with Gasteiger partial charge in [-0.25, -0.2) is 21.8 Å². The van der Waals surface area contributed by atoms with Crippen LogP contribution in [0.1, 0.15) is 37.8 Å². The number of aromatic nitrogens is 2. The molecule has 0 amide bonds. The first-order valence-corrected chi connectivity index (χ1v) is 18.4. The Morgan fingerprint density at radius 2 is 1.88 bits per heavy atom. The van der Waals surface area contributed by atoms with Gasteiger partial charge in [0.1, 0.15) is 44.0 Å². The lowest BCUT2D eigenvalue weighted by Crippen LogP contribution is -2.25. The number of fused-ring (bicyclic) bond motifs is 1. The van der Waals surface area contributed by atoms with Crippen molar-refractivity contribution in [2.24, 2.45) is 4.99 Å². The molecule has 1 aromatic carbocycles. The first kappa shape index (κ1) is 30.5. The number of ether oxygens (including phenoxy) is 3. The maximum atomic E-state index is 12.4. The topological polar surface area (TPSA) is 154 Å². The van der Waals surface area contributed by atoms with Crippen LogP contribution in [0.4, 0.5) is 0 Å². The van der Waals surface area contributed by atoms with Crippen molar-refractivity contribution in [1.29, 1.82) is 0 Å². The fraction of sp³-hybridized carbons (Fsp3) is 0.464. The van der Waals surface area contributed by atoms with Crippen LogP contribution in [-0.2, 0) is 29.2 Å². The third kappa shape index (κ3) is 8.12. The normalized spacial score (nSPS) is 18.2. The van der Waals surface area contributed by atoms with Gasteiger partial charge in [0.15, 0.2) is 14.9 Å². The first-order chi connectivity index (χ1) is 19.9. The second-order valence-electron chi connectivity index (χ2n) is 10.6. The van der Waals surface area contributed by atoms with Gasteiger partial charge >= 0.3 is 0 Å². The standard InChI is InChI=1S/C28H33N3O8S3/c1-41(33,34)11-3-4-19(32)14-23-17-30-28(40-23)24-13-18-12-22(38-21-5-6-26(29-16-21)42(2,35)36)15-25(27(18)31-24)39-20-7-9-37-10-8-20/h5-6,12-13,15-16,20,23,31H,3-4,7-11,14,17H2,1-2H3. The second-order valence-corrected chi connectivity index (χ2v) is 16.1. The van der Waals surface area contributed by atoms with Crippen molar-refractivity contribution >= 4 is 53.2 Å². The van der Waals surface area contributed by atoms with Gasteiger partial charge in [-0.05, 0) is 30.7 Å². The maximum absolute atomic E-state index is 12.4. The Morgan fingerprint density at radius 3 is 2.57 bits per heavy atom. The van der Waals surface area contributed by atoms with Crippen molar-refractivity contribution in [2.75, 3.05) is 38.0 Å². The first-order valence-electron chi connectivity index (χ1n) is 13.6. The number of carbonyl (C=O) groups excluding carboxylic acids is 1. The highest BCUT2D eigenvalue weighted by Gasteiger charge is 2.26. The number of hydrogen-bond donors (Lipinski definition) is 1. The highest BCUT2D eigenvalue weighted by atomic mass is 32.2. The fourth-order valence-corrected chi connectivity index (χ4v) is 7.12. The smallest absolute Gasteiger partial charge is 0.192 e. The summed E-state index contributed by atoms with van der Waals surface area (Å²) < 4.78 is 64.1. The average Bonchev–Trinajstić information content (AvgIpc) is 3.56. The number of Topliss-reactive ketones (excluding diaryl/α,β-unsaturated/α-hetero) is 1. The largest absolute Gasteiger partial charge is 0.488 e. The zero-order chi connectivity index (χ0) is 29.9. The molecule has 4 heterocycles. The van der Waals surface area contributed by atoms with Gasteiger partial charge in [-0.3, -0.25) is 9.79 Å². The minimum absolute atomic E-state index is 0.00333. The van der Waals surface area contributed by atoms with Crippen molar-refractivity contribution in [1.82, 2.24) is 9.97 Å². The number of aromatic amines is 1. The predicted octanol–water partition coefficient (Wildman–Crippen LogP) is 3.96. The molecule has 42 heavy (non-hydrogen) atoms. The number of carbonyl (C=O) groups is 1. The van der Waals surface area contributed by atoms with Crippen LogP contribution in [0.3, 0.4) is 0 Å². The molecule has 1 atom stereocenters. The van der Waals surface area contributed by atoms with Crippen molar-refractivity contribution in [3.63, 3.8) is 0 Å². The van der Waals surface area contributed by atoms with E-state index >= 15 is 0 Å². The van der Waals surface area contributed by atoms with E-state index in [4.69, 9.17) is 14.2 Å². The molecule has 0 saturated carbocycles. The number of hydrogen-bond acceptors (Lipinski definition) is 11. The maximum Gasteiger partial charge on any atom is 0.192 e. The van der Waals surface area contributed by atoms with Crippen LogP contribution in [0, 0.1) is 0 Å². The van der Waals surface area contributed by atoms with E-state index in [1.165, 1.54) is 30.3 Å². The van der Waals surface area contributed by atoms with Gasteiger partial charge in [-0.15, -0.1) is 0 Å². The monoisotopic (exact) mass is 635 g/mol. The van der Waals surface area contributed by atoms with Crippen LogP contribution >= 0.6 is 11.8 Å². The Kier molecular flexibility index (Phi) is 9.26. The van der Waals surface area contributed by atoms with Crippen molar-refractivity contribution in [2.45, 2.75) is 48.5 Å². The Hall–Kier alpha value is -2.94. The van der Waals surface area contributed by atoms with E-state index in [9.17, 15) is 21.6 Å². The number of aliphatic imine (C=N–C) groups is 1. The van der Waals surface area contributed by atoms with Crippen molar-refractivity contribution < 1.29 is 35.8 Å². The molecule has 2 aliphatic rings. The molecule has 2 aliphatic heterocycles. The van der Waals surface area contributed by atoms with E-state index in [-0.39, 0.29) is 34.3 Å². The molecule has 1 fully saturated rings. The minimum Gasteiger partial charge on any atom is -0.488 e. The SMILES string of the molecule is CS(=O)(=O)CCCC(=O)CC1CN=C(c2cc3cc(Oc4ccc(S(C)(=O)=O)nc4)cc(OC4CCOCC4)c3[nH]2)S1. The van der Waals surface area contributed by atoms with E-state index in [1.807, 2.05) is 12.1 Å². The van der Waals surface area contributed by atoms with E-state index in [0.717, 1.165) is 40.7 Å². The average molecular weight is 636 g/mol. The summed E-state index contributed by atoms with van der Waals surface area (Å²) in [6, 6.07) is 8.58. The number of pyridine rings is 1. The Bertz CT molecular complexity index is 1690. The summed E-state index contributed by atoms with van der Waals surface area (Å²) in [6.07, 6.45) is 6.07. The van der Waals surface area contributed by atoms with Crippen LogP contribution in [0.15, 0.2) is 46.5 Å². The van der Waals surface area contributed by atoms with Crippen LogP contribution in [0.25, 0.3) is 10.9 Å². The quantitative estimate of drug-likeness (QED) is 0.309. The van der Waals surface area contributed by atoms with Crippen LogP contribution in [-0.4, -0.2) is 87.0 Å². The molecule has 226 valence electrons. The lowest BCUT2D eigenvalue weighted by molar-refractivity contribution is -0.119. The molecule has 0 radical (unpaired) electrons. The lowest BCUT2D eigenvalue weighted by Gasteiger charge is -2.24. The highest BCUT2D eigenvalue weighted by Crippen LogP contribution is 2.37. The number of rotatable bonds is 12. The van der Waals surface area contributed by atoms with E-state index in [2.05, 4.69) is 15.0 Å². The number of ketones is 1. The van der Waals surface area contributed by atoms with Crippen LogP contribution in [0.2, 0.25) is 0 Å². The molecule has 5 rings (SSSR count). The summed E-state index contributed by atoms with van der Waals surface area (Å²) >= 11 is 1.53. The summed E-state index contributed by atoms with van der Waals surface area (Å²) in [5, 5.41) is 1.60. The number of nitrogens with zero attached hydrogens (tertiary/aromatic N) is 2. The predicted molar refractivity (Wildman–Crippen MR) is 162 cm³/mol. The van der Waals surface area contributed by atoms with Gasteiger partial charge in [0.05, 0.1) is 42.9 Å². The molecule has 1 N–H and O–H groups in total. The zero-order valence-corrected chi connectivity index (χ0v) is 25.8. The Labute approximate surface area is 249 Å².